The van der Waals surface area contributed by atoms with Crippen LogP contribution in [-0.2, 0) is 14.8 Å². The number of carbonyl (C=O) groups excluding carboxylic acids is 1. The first-order chi connectivity index (χ1) is 14.9. The average Bonchev–Trinajstić information content (AvgIpc) is 3.42. The van der Waals surface area contributed by atoms with Crippen molar-refractivity contribution in [2.75, 3.05) is 18.4 Å². The van der Waals surface area contributed by atoms with Crippen LogP contribution < -0.4 is 5.32 Å². The van der Waals surface area contributed by atoms with E-state index < -0.39 is 15.9 Å². The summed E-state index contributed by atoms with van der Waals surface area (Å²) in [5, 5.41) is 8.70. The summed E-state index contributed by atoms with van der Waals surface area (Å²) in [6, 6.07) is 13.0. The SMILES string of the molecule is Cc1noc(/C=C/c2cccs2)c1S(=O)(=O)N1CCC[C@@H](C(=O)Nc2ccccc2)C1. The van der Waals surface area contributed by atoms with Crippen LogP contribution in [0, 0.1) is 12.8 Å². The number of carbonyl (C=O) groups is 1. The van der Waals surface area contributed by atoms with Gasteiger partial charge in [0, 0.05) is 23.7 Å². The van der Waals surface area contributed by atoms with Crippen LogP contribution in [0.3, 0.4) is 0 Å². The van der Waals surface area contributed by atoms with Gasteiger partial charge in [0.25, 0.3) is 0 Å². The summed E-state index contributed by atoms with van der Waals surface area (Å²) in [5.41, 5.74) is 1.00. The van der Waals surface area contributed by atoms with Gasteiger partial charge < -0.3 is 9.84 Å². The lowest BCUT2D eigenvalue weighted by molar-refractivity contribution is -0.120. The Morgan fingerprint density at radius 1 is 1.23 bits per heavy atom. The number of nitrogens with zero attached hydrogens (tertiary/aromatic N) is 2. The van der Waals surface area contributed by atoms with Gasteiger partial charge >= 0.3 is 0 Å². The molecule has 0 aliphatic carbocycles. The lowest BCUT2D eigenvalue weighted by Gasteiger charge is -2.31. The second-order valence-electron chi connectivity index (χ2n) is 7.37. The second kappa shape index (κ2) is 9.17. The summed E-state index contributed by atoms with van der Waals surface area (Å²) >= 11 is 1.54. The van der Waals surface area contributed by atoms with Gasteiger partial charge in [0.1, 0.15) is 5.69 Å². The van der Waals surface area contributed by atoms with Crippen LogP contribution in [0.1, 0.15) is 29.2 Å². The van der Waals surface area contributed by atoms with E-state index in [1.165, 1.54) is 4.31 Å². The molecule has 1 aliphatic rings. The molecule has 4 rings (SSSR count). The van der Waals surface area contributed by atoms with E-state index >= 15 is 0 Å². The minimum atomic E-state index is -3.86. The zero-order chi connectivity index (χ0) is 21.8. The number of thiophene rings is 1. The van der Waals surface area contributed by atoms with E-state index in [0.717, 1.165) is 4.88 Å². The highest BCUT2D eigenvalue weighted by atomic mass is 32.2. The van der Waals surface area contributed by atoms with Crippen LogP contribution in [0.5, 0.6) is 0 Å². The van der Waals surface area contributed by atoms with Crippen molar-refractivity contribution in [3.8, 4) is 0 Å². The van der Waals surface area contributed by atoms with E-state index in [2.05, 4.69) is 10.5 Å². The molecule has 9 heteroatoms. The third-order valence-corrected chi connectivity index (χ3v) is 8.03. The normalized spacial score (nSPS) is 17.8. The number of hydrogen-bond acceptors (Lipinski definition) is 6. The fourth-order valence-corrected chi connectivity index (χ4v) is 6.00. The number of benzene rings is 1. The molecule has 0 bridgehead atoms. The number of piperidine rings is 1. The van der Waals surface area contributed by atoms with Crippen LogP contribution in [0.25, 0.3) is 12.2 Å². The van der Waals surface area contributed by atoms with Gasteiger partial charge in [-0.05, 0) is 55.5 Å². The molecule has 0 radical (unpaired) electrons. The zero-order valence-corrected chi connectivity index (χ0v) is 18.7. The number of aromatic nitrogens is 1. The predicted molar refractivity (Wildman–Crippen MR) is 121 cm³/mol. The number of para-hydroxylation sites is 1. The smallest absolute Gasteiger partial charge is 0.248 e. The number of rotatable bonds is 6. The van der Waals surface area contributed by atoms with E-state index in [4.69, 9.17) is 4.52 Å². The predicted octanol–water partition coefficient (Wildman–Crippen LogP) is 4.25. The Hall–Kier alpha value is -2.75. The van der Waals surface area contributed by atoms with E-state index in [1.54, 1.807) is 30.4 Å². The summed E-state index contributed by atoms with van der Waals surface area (Å²) in [6.07, 6.45) is 4.67. The third kappa shape index (κ3) is 4.79. The number of sulfonamides is 1. The van der Waals surface area contributed by atoms with Crippen molar-refractivity contribution in [3.63, 3.8) is 0 Å². The molecule has 0 spiro atoms. The van der Waals surface area contributed by atoms with Crippen molar-refractivity contribution >= 4 is 45.1 Å². The molecule has 3 aromatic rings. The molecular formula is C22H23N3O4S2. The molecular weight excluding hydrogens is 434 g/mol. The largest absolute Gasteiger partial charge is 0.355 e. The van der Waals surface area contributed by atoms with Crippen molar-refractivity contribution in [2.24, 2.45) is 5.92 Å². The van der Waals surface area contributed by atoms with Crippen LogP contribution in [-0.4, -0.2) is 36.9 Å². The molecule has 162 valence electrons. The molecule has 3 heterocycles. The average molecular weight is 458 g/mol. The first kappa shape index (κ1) is 21.5. The highest BCUT2D eigenvalue weighted by molar-refractivity contribution is 7.89. The quantitative estimate of drug-likeness (QED) is 0.597. The molecule has 1 aliphatic heterocycles. The Morgan fingerprint density at radius 3 is 2.77 bits per heavy atom. The first-order valence-electron chi connectivity index (χ1n) is 9.99. The van der Waals surface area contributed by atoms with Crippen molar-refractivity contribution in [1.29, 1.82) is 0 Å². The topological polar surface area (TPSA) is 92.5 Å². The van der Waals surface area contributed by atoms with Crippen LogP contribution in [0.15, 0.2) is 57.3 Å². The molecule has 1 atom stereocenters. The molecule has 0 unspecified atom stereocenters. The van der Waals surface area contributed by atoms with Crippen LogP contribution in [0.2, 0.25) is 0 Å². The van der Waals surface area contributed by atoms with Crippen molar-refractivity contribution in [1.82, 2.24) is 9.46 Å². The number of anilines is 1. The minimum Gasteiger partial charge on any atom is -0.355 e. The number of amides is 1. The van der Waals surface area contributed by atoms with Gasteiger partial charge in [-0.2, -0.15) is 4.31 Å². The summed E-state index contributed by atoms with van der Waals surface area (Å²) in [6.45, 7) is 2.10. The Morgan fingerprint density at radius 2 is 2.03 bits per heavy atom. The zero-order valence-electron chi connectivity index (χ0n) is 17.0. The molecule has 1 aromatic carbocycles. The first-order valence-corrected chi connectivity index (χ1v) is 12.3. The molecule has 1 saturated heterocycles. The maximum absolute atomic E-state index is 13.4. The fourth-order valence-electron chi connectivity index (χ4n) is 3.61. The third-order valence-electron chi connectivity index (χ3n) is 5.17. The Balaban J connectivity index is 1.53. The van der Waals surface area contributed by atoms with Crippen molar-refractivity contribution < 1.29 is 17.7 Å². The standard InChI is InChI=1S/C22H23N3O4S2/c1-16-21(20(29-24-16)12-11-19-10-6-14-30-19)31(27,28)25-13-5-7-17(15-25)22(26)23-18-8-3-2-4-9-18/h2-4,6,8-12,14,17H,5,7,13,15H2,1H3,(H,23,26)/b12-11+/t17-/m1/s1. The lowest BCUT2D eigenvalue weighted by Crippen LogP contribution is -2.43. The van der Waals surface area contributed by atoms with Gasteiger partial charge in [0.2, 0.25) is 15.9 Å². The molecule has 7 nitrogen and oxygen atoms in total. The summed E-state index contributed by atoms with van der Waals surface area (Å²) in [5.74, 6) is -0.401. The highest BCUT2D eigenvalue weighted by Gasteiger charge is 2.36. The van der Waals surface area contributed by atoms with Gasteiger partial charge in [-0.15, -0.1) is 11.3 Å². The summed E-state index contributed by atoms with van der Waals surface area (Å²) in [7, 11) is -3.86. The molecule has 31 heavy (non-hydrogen) atoms. The molecule has 0 saturated carbocycles. The van der Waals surface area contributed by atoms with Crippen molar-refractivity contribution in [3.05, 3.63) is 64.2 Å². The monoisotopic (exact) mass is 457 g/mol. The van der Waals surface area contributed by atoms with E-state index in [1.807, 2.05) is 47.8 Å². The Labute approximate surface area is 185 Å². The summed E-state index contributed by atoms with van der Waals surface area (Å²) in [4.78, 5) is 13.8. The fraction of sp³-hybridized carbons (Fsp3) is 0.273. The minimum absolute atomic E-state index is 0.0597. The lowest BCUT2D eigenvalue weighted by atomic mass is 9.99. The van der Waals surface area contributed by atoms with E-state index in [9.17, 15) is 13.2 Å². The van der Waals surface area contributed by atoms with E-state index in [-0.39, 0.29) is 23.1 Å². The van der Waals surface area contributed by atoms with Crippen LogP contribution in [0.4, 0.5) is 5.69 Å². The maximum Gasteiger partial charge on any atom is 0.248 e. The number of hydrogen-bond donors (Lipinski definition) is 1. The molecule has 1 N–H and O–H groups in total. The number of aryl methyl sites for hydroxylation is 1. The molecule has 2 aromatic heterocycles. The number of nitrogens with one attached hydrogen (secondary N) is 1. The molecule has 1 amide bonds. The van der Waals surface area contributed by atoms with Crippen LogP contribution >= 0.6 is 11.3 Å². The van der Waals surface area contributed by atoms with Gasteiger partial charge in [0.15, 0.2) is 10.7 Å². The van der Waals surface area contributed by atoms with Gasteiger partial charge in [0.05, 0.1) is 5.92 Å². The van der Waals surface area contributed by atoms with Crippen molar-refractivity contribution in [2.45, 2.75) is 24.7 Å². The highest BCUT2D eigenvalue weighted by Crippen LogP contribution is 2.30. The van der Waals surface area contributed by atoms with E-state index in [0.29, 0.717) is 30.8 Å². The van der Waals surface area contributed by atoms with Gasteiger partial charge in [-0.1, -0.05) is 29.4 Å². The van der Waals surface area contributed by atoms with Gasteiger partial charge in [-0.25, -0.2) is 8.42 Å². The van der Waals surface area contributed by atoms with Gasteiger partial charge in [-0.3, -0.25) is 4.79 Å². The Kier molecular flexibility index (Phi) is 6.35. The summed E-state index contributed by atoms with van der Waals surface area (Å²) < 4.78 is 33.6. The second-order valence-corrected chi connectivity index (χ2v) is 10.2. The molecule has 1 fully saturated rings. The Bertz CT molecular complexity index is 1170. The maximum atomic E-state index is 13.4.